The second-order valence-corrected chi connectivity index (χ2v) is 11.1. The minimum Gasteiger partial charge on any atom is -0.481 e. The SMILES string of the molecule is Cc1c2ccc3c1nnn3CCCCCCc1ccc(cc1F)C(=O)N1CCc3ccc(cc3C1)C2CC(=O)O. The van der Waals surface area contributed by atoms with E-state index in [0.717, 1.165) is 71.1 Å². The summed E-state index contributed by atoms with van der Waals surface area (Å²) in [7, 11) is 0. The van der Waals surface area contributed by atoms with Crippen molar-refractivity contribution in [3.05, 3.63) is 93.3 Å². The number of aliphatic carboxylic acids is 1. The number of aromatic nitrogens is 3. The van der Waals surface area contributed by atoms with Crippen molar-refractivity contribution in [3.63, 3.8) is 0 Å². The van der Waals surface area contributed by atoms with Crippen LogP contribution in [-0.2, 0) is 30.7 Å². The van der Waals surface area contributed by atoms with Gasteiger partial charge in [0.05, 0.1) is 11.9 Å². The molecular formula is C32H33FN4O3. The lowest BCUT2D eigenvalue weighted by atomic mass is 9.83. The predicted molar refractivity (Wildman–Crippen MR) is 150 cm³/mol. The number of benzene rings is 3. The largest absolute Gasteiger partial charge is 0.481 e. The van der Waals surface area contributed by atoms with Crippen molar-refractivity contribution in [2.24, 2.45) is 0 Å². The van der Waals surface area contributed by atoms with Crippen LogP contribution in [0.25, 0.3) is 11.0 Å². The molecule has 8 heteroatoms. The van der Waals surface area contributed by atoms with Gasteiger partial charge in [0.25, 0.3) is 5.91 Å². The zero-order valence-electron chi connectivity index (χ0n) is 22.7. The first-order chi connectivity index (χ1) is 19.4. The molecule has 7 nitrogen and oxygen atoms in total. The first-order valence-electron chi connectivity index (χ1n) is 14.1. The Hall–Kier alpha value is -4.07. The van der Waals surface area contributed by atoms with Crippen LogP contribution in [-0.4, -0.2) is 43.4 Å². The minimum absolute atomic E-state index is 0.0620. The molecule has 5 aliphatic rings. The Labute approximate surface area is 232 Å². The average Bonchev–Trinajstić information content (AvgIpc) is 3.37. The van der Waals surface area contributed by atoms with E-state index in [1.165, 1.54) is 6.07 Å². The van der Waals surface area contributed by atoms with Crippen molar-refractivity contribution in [2.75, 3.05) is 6.54 Å². The predicted octanol–water partition coefficient (Wildman–Crippen LogP) is 5.80. The van der Waals surface area contributed by atoms with E-state index in [-0.39, 0.29) is 24.1 Å². The maximum absolute atomic E-state index is 14.9. The zero-order chi connectivity index (χ0) is 27.8. The maximum Gasteiger partial charge on any atom is 0.304 e. The van der Waals surface area contributed by atoms with Crippen LogP contribution in [0.3, 0.4) is 0 Å². The highest BCUT2D eigenvalue weighted by Gasteiger charge is 2.26. The molecule has 0 aliphatic carbocycles. The van der Waals surface area contributed by atoms with E-state index in [9.17, 15) is 19.1 Å². The molecule has 9 bridgehead atoms. The van der Waals surface area contributed by atoms with Crippen LogP contribution in [0.4, 0.5) is 4.39 Å². The van der Waals surface area contributed by atoms with Gasteiger partial charge >= 0.3 is 5.97 Å². The fraction of sp³-hybridized carbons (Fsp3) is 0.375. The van der Waals surface area contributed by atoms with E-state index in [0.29, 0.717) is 37.1 Å². The highest BCUT2D eigenvalue weighted by atomic mass is 19.1. The summed E-state index contributed by atoms with van der Waals surface area (Å²) in [6.07, 6.45) is 5.05. The van der Waals surface area contributed by atoms with E-state index in [1.54, 1.807) is 17.0 Å². The van der Waals surface area contributed by atoms with Gasteiger partial charge in [0.15, 0.2) is 0 Å². The van der Waals surface area contributed by atoms with Crippen LogP contribution in [0, 0.1) is 12.7 Å². The van der Waals surface area contributed by atoms with Gasteiger partial charge in [0.2, 0.25) is 0 Å². The third-order valence-corrected chi connectivity index (χ3v) is 8.53. The van der Waals surface area contributed by atoms with Crippen LogP contribution < -0.4 is 0 Å². The van der Waals surface area contributed by atoms with Crippen molar-refractivity contribution < 1.29 is 19.1 Å². The quantitative estimate of drug-likeness (QED) is 0.347. The summed E-state index contributed by atoms with van der Waals surface area (Å²) < 4.78 is 16.9. The van der Waals surface area contributed by atoms with Gasteiger partial charge in [0.1, 0.15) is 11.3 Å². The second kappa shape index (κ2) is 10.8. The molecule has 9 rings (SSSR count). The number of halogens is 1. The van der Waals surface area contributed by atoms with Gasteiger partial charge in [-0.2, -0.15) is 0 Å². The number of hydrogen-bond acceptors (Lipinski definition) is 4. The third kappa shape index (κ3) is 4.98. The molecule has 1 atom stereocenters. The smallest absolute Gasteiger partial charge is 0.304 e. The van der Waals surface area contributed by atoms with Crippen LogP contribution in [0.1, 0.15) is 81.8 Å². The number of carbonyl (C=O) groups is 2. The van der Waals surface area contributed by atoms with Crippen molar-refractivity contribution in [3.8, 4) is 0 Å². The molecule has 1 unspecified atom stereocenters. The first-order valence-corrected chi connectivity index (χ1v) is 14.1. The number of carbonyl (C=O) groups excluding carboxylic acids is 1. The molecule has 206 valence electrons. The third-order valence-electron chi connectivity index (χ3n) is 8.53. The van der Waals surface area contributed by atoms with Crippen molar-refractivity contribution in [1.82, 2.24) is 19.9 Å². The number of nitrogens with zero attached hydrogens (tertiary/aromatic N) is 4. The first kappa shape index (κ1) is 26.2. The molecule has 1 amide bonds. The van der Waals surface area contributed by atoms with Gasteiger partial charge in [-0.25, -0.2) is 9.07 Å². The Balaban J connectivity index is 1.42. The van der Waals surface area contributed by atoms with Gasteiger partial charge in [-0.15, -0.1) is 5.10 Å². The van der Waals surface area contributed by atoms with Gasteiger partial charge in [-0.05, 0) is 84.2 Å². The average molecular weight is 541 g/mol. The lowest BCUT2D eigenvalue weighted by molar-refractivity contribution is -0.137. The molecule has 40 heavy (non-hydrogen) atoms. The highest BCUT2D eigenvalue weighted by Crippen LogP contribution is 2.35. The van der Waals surface area contributed by atoms with E-state index in [1.807, 2.05) is 35.9 Å². The molecule has 1 aromatic heterocycles. The molecule has 0 spiro atoms. The number of carboxylic acids is 1. The number of aryl methyl sites for hydroxylation is 3. The molecule has 0 radical (unpaired) electrons. The van der Waals surface area contributed by atoms with E-state index in [4.69, 9.17) is 0 Å². The fourth-order valence-corrected chi connectivity index (χ4v) is 6.27. The monoisotopic (exact) mass is 540 g/mol. The summed E-state index contributed by atoms with van der Waals surface area (Å²) in [6, 6.07) is 15.0. The van der Waals surface area contributed by atoms with Gasteiger partial charge in [0, 0.05) is 31.1 Å². The lowest BCUT2D eigenvalue weighted by Gasteiger charge is -2.30. The molecule has 0 saturated carbocycles. The Morgan fingerprint density at radius 1 is 0.975 bits per heavy atom. The number of amides is 1. The number of hydrogen-bond donors (Lipinski definition) is 1. The van der Waals surface area contributed by atoms with Crippen LogP contribution in [0.15, 0.2) is 48.5 Å². The molecule has 3 aromatic carbocycles. The molecule has 0 fully saturated rings. The lowest BCUT2D eigenvalue weighted by Crippen LogP contribution is -2.36. The summed E-state index contributed by atoms with van der Waals surface area (Å²) in [5.41, 5.74) is 7.64. The Bertz CT molecular complexity index is 1610. The second-order valence-electron chi connectivity index (χ2n) is 11.1. The van der Waals surface area contributed by atoms with Crippen LogP contribution in [0.2, 0.25) is 0 Å². The van der Waals surface area contributed by atoms with Crippen molar-refractivity contribution >= 4 is 22.9 Å². The summed E-state index contributed by atoms with van der Waals surface area (Å²) in [6.45, 7) is 3.68. The summed E-state index contributed by atoms with van der Waals surface area (Å²) in [5.74, 6) is -1.76. The summed E-state index contributed by atoms with van der Waals surface area (Å²) in [4.78, 5) is 27.1. The molecule has 5 aliphatic heterocycles. The Morgan fingerprint density at radius 3 is 2.62 bits per heavy atom. The Kier molecular flexibility index (Phi) is 7.09. The van der Waals surface area contributed by atoms with E-state index in [2.05, 4.69) is 16.4 Å². The van der Waals surface area contributed by atoms with E-state index >= 15 is 0 Å². The number of carboxylic acid groups (broad SMARTS) is 1. The molecule has 0 saturated heterocycles. The van der Waals surface area contributed by atoms with Gasteiger partial charge in [-0.1, -0.05) is 48.4 Å². The zero-order valence-corrected chi connectivity index (χ0v) is 22.7. The highest BCUT2D eigenvalue weighted by molar-refractivity contribution is 5.94. The molecule has 4 aromatic rings. The summed E-state index contributed by atoms with van der Waals surface area (Å²) >= 11 is 0. The number of rotatable bonds is 2. The molecule has 1 N–H and O–H groups in total. The summed E-state index contributed by atoms with van der Waals surface area (Å²) in [5, 5.41) is 18.7. The fourth-order valence-electron chi connectivity index (χ4n) is 6.27. The van der Waals surface area contributed by atoms with Crippen molar-refractivity contribution in [2.45, 2.75) is 70.9 Å². The maximum atomic E-state index is 14.9. The van der Waals surface area contributed by atoms with Crippen LogP contribution >= 0.6 is 0 Å². The molecule has 6 heterocycles. The van der Waals surface area contributed by atoms with Crippen LogP contribution in [0.5, 0.6) is 0 Å². The molecular weight excluding hydrogens is 507 g/mol. The van der Waals surface area contributed by atoms with Gasteiger partial charge in [-0.3, -0.25) is 9.59 Å². The normalized spacial score (nSPS) is 17.9. The van der Waals surface area contributed by atoms with Gasteiger partial charge < -0.3 is 10.0 Å². The van der Waals surface area contributed by atoms with E-state index < -0.39 is 5.97 Å². The topological polar surface area (TPSA) is 88.3 Å². The standard InChI is InChI=1S/C32H33FN4O3/c1-20-26-11-12-29-31(20)34-35-37(29)14-5-3-2-4-6-22-8-10-24(17-28(22)33)32(40)36-15-13-21-7-9-23(16-25(21)19-36)27(26)18-30(38)39/h7-12,16-17,27H,2-6,13-15,18-19H2,1H3,(H,38,39). The Morgan fingerprint density at radius 2 is 1.80 bits per heavy atom. The minimum atomic E-state index is -0.880. The van der Waals surface area contributed by atoms with Crippen molar-refractivity contribution in [1.29, 1.82) is 0 Å².